The van der Waals surface area contributed by atoms with Gasteiger partial charge in [-0.3, -0.25) is 0 Å². The number of rotatable bonds is 6. The van der Waals surface area contributed by atoms with E-state index in [0.717, 1.165) is 23.7 Å². The normalized spacial score (nSPS) is 10.3. The van der Waals surface area contributed by atoms with Gasteiger partial charge in [-0.15, -0.1) is 0 Å². The highest BCUT2D eigenvalue weighted by Gasteiger charge is 2.03. The van der Waals surface area contributed by atoms with E-state index in [1.807, 2.05) is 18.2 Å². The van der Waals surface area contributed by atoms with Gasteiger partial charge in [0.25, 0.3) is 0 Å². The van der Waals surface area contributed by atoms with Crippen LogP contribution in [0.3, 0.4) is 0 Å². The van der Waals surface area contributed by atoms with Crippen LogP contribution in [0.25, 0.3) is 0 Å². The number of imidazole rings is 1. The maximum absolute atomic E-state index is 6.14. The maximum atomic E-state index is 6.14. The van der Waals surface area contributed by atoms with Crippen LogP contribution in [0.5, 0.6) is 5.75 Å². The van der Waals surface area contributed by atoms with E-state index in [-0.39, 0.29) is 0 Å². The molecule has 0 saturated carbocycles. The second-order valence-corrected chi connectivity index (χ2v) is 4.29. The van der Waals surface area contributed by atoms with Gasteiger partial charge >= 0.3 is 0 Å². The number of aromatic nitrogens is 2. The average Bonchev–Trinajstić information content (AvgIpc) is 2.88. The molecule has 96 valence electrons. The number of hydrogen-bond acceptors (Lipinski definition) is 3. The summed E-state index contributed by atoms with van der Waals surface area (Å²) in [4.78, 5) is 7.17. The minimum atomic E-state index is 0.618. The molecule has 0 aliphatic rings. The van der Waals surface area contributed by atoms with Gasteiger partial charge in [0.05, 0.1) is 18.2 Å². The van der Waals surface area contributed by atoms with Crippen LogP contribution in [0.2, 0.25) is 5.02 Å². The monoisotopic (exact) mass is 265 g/mol. The Morgan fingerprint density at radius 3 is 3.00 bits per heavy atom. The minimum absolute atomic E-state index is 0.618. The van der Waals surface area contributed by atoms with Gasteiger partial charge in [0.1, 0.15) is 11.6 Å². The van der Waals surface area contributed by atoms with Gasteiger partial charge < -0.3 is 15.0 Å². The lowest BCUT2D eigenvalue weighted by Gasteiger charge is -2.09. The highest BCUT2D eigenvalue weighted by molar-refractivity contribution is 6.32. The number of aromatic amines is 1. The lowest BCUT2D eigenvalue weighted by molar-refractivity contribution is 0.317. The molecule has 2 N–H and O–H groups in total. The van der Waals surface area contributed by atoms with E-state index in [9.17, 15) is 0 Å². The van der Waals surface area contributed by atoms with Crippen LogP contribution < -0.4 is 10.1 Å². The van der Waals surface area contributed by atoms with E-state index in [2.05, 4.69) is 22.2 Å². The fraction of sp³-hybridized carbons (Fsp3) is 0.308. The topological polar surface area (TPSA) is 49.9 Å². The predicted molar refractivity (Wildman–Crippen MR) is 73.2 cm³/mol. The van der Waals surface area contributed by atoms with Crippen molar-refractivity contribution in [2.45, 2.75) is 19.9 Å². The van der Waals surface area contributed by atoms with Crippen molar-refractivity contribution in [2.75, 3.05) is 11.9 Å². The quantitative estimate of drug-likeness (QED) is 0.841. The van der Waals surface area contributed by atoms with Crippen LogP contribution in [0.1, 0.15) is 19.2 Å². The number of benzene rings is 1. The number of nitrogens with zero attached hydrogens (tertiary/aromatic N) is 1. The van der Waals surface area contributed by atoms with Crippen LogP contribution in [0.15, 0.2) is 30.6 Å². The van der Waals surface area contributed by atoms with Crippen molar-refractivity contribution >= 4 is 17.3 Å². The van der Waals surface area contributed by atoms with Crippen molar-refractivity contribution in [2.24, 2.45) is 0 Å². The Bertz CT molecular complexity index is 485. The summed E-state index contributed by atoms with van der Waals surface area (Å²) in [6, 6.07) is 5.68. The van der Waals surface area contributed by atoms with Gasteiger partial charge in [-0.05, 0) is 24.6 Å². The number of hydrogen-bond donors (Lipinski definition) is 2. The molecule has 1 heterocycles. The molecule has 0 atom stereocenters. The molecular weight excluding hydrogens is 250 g/mol. The van der Waals surface area contributed by atoms with E-state index in [1.165, 1.54) is 0 Å². The van der Waals surface area contributed by atoms with Gasteiger partial charge in [-0.2, -0.15) is 0 Å². The van der Waals surface area contributed by atoms with Crippen LogP contribution in [-0.2, 0) is 6.54 Å². The lowest BCUT2D eigenvalue weighted by atomic mass is 10.3. The maximum Gasteiger partial charge on any atom is 0.138 e. The van der Waals surface area contributed by atoms with Gasteiger partial charge in [0.15, 0.2) is 0 Å². The average molecular weight is 266 g/mol. The Kier molecular flexibility index (Phi) is 4.47. The molecule has 0 radical (unpaired) electrons. The Balaban J connectivity index is 1.95. The van der Waals surface area contributed by atoms with Gasteiger partial charge in [0.2, 0.25) is 0 Å². The van der Waals surface area contributed by atoms with Crippen molar-refractivity contribution in [3.8, 4) is 5.75 Å². The Morgan fingerprint density at radius 2 is 2.33 bits per heavy atom. The molecule has 0 aliphatic heterocycles. The summed E-state index contributed by atoms with van der Waals surface area (Å²) in [5, 5.41) is 3.86. The third kappa shape index (κ3) is 3.40. The standard InChI is InChI=1S/C13H16ClN3O/c1-2-7-18-12-4-3-10(8-11(12)14)17-9-13-15-5-6-16-13/h3-6,8,17H,2,7,9H2,1H3,(H,15,16). The van der Waals surface area contributed by atoms with E-state index < -0.39 is 0 Å². The van der Waals surface area contributed by atoms with Crippen LogP contribution >= 0.6 is 11.6 Å². The molecule has 2 aromatic rings. The number of halogens is 1. The molecule has 2 rings (SSSR count). The summed E-state index contributed by atoms with van der Waals surface area (Å²) in [6.07, 6.45) is 4.49. The lowest BCUT2D eigenvalue weighted by Crippen LogP contribution is -2.01. The number of ether oxygens (including phenoxy) is 1. The molecule has 0 unspecified atom stereocenters. The first-order valence-electron chi connectivity index (χ1n) is 5.94. The van der Waals surface area contributed by atoms with Crippen molar-refractivity contribution in [1.82, 2.24) is 9.97 Å². The Hall–Kier alpha value is -1.68. The minimum Gasteiger partial charge on any atom is -0.492 e. The fourth-order valence-corrected chi connectivity index (χ4v) is 1.76. The van der Waals surface area contributed by atoms with E-state index >= 15 is 0 Å². The van der Waals surface area contributed by atoms with E-state index in [4.69, 9.17) is 16.3 Å². The molecule has 4 nitrogen and oxygen atoms in total. The van der Waals surface area contributed by atoms with Crippen LogP contribution in [-0.4, -0.2) is 16.6 Å². The summed E-state index contributed by atoms with van der Waals surface area (Å²) in [6.45, 7) is 3.38. The highest BCUT2D eigenvalue weighted by atomic mass is 35.5. The molecule has 0 bridgehead atoms. The Labute approximate surface area is 111 Å². The van der Waals surface area contributed by atoms with Gasteiger partial charge in [-0.1, -0.05) is 18.5 Å². The van der Waals surface area contributed by atoms with Gasteiger partial charge in [0, 0.05) is 18.1 Å². The first-order chi connectivity index (χ1) is 8.79. The van der Waals surface area contributed by atoms with E-state index in [0.29, 0.717) is 18.2 Å². The summed E-state index contributed by atoms with van der Waals surface area (Å²) in [5.74, 6) is 1.61. The van der Waals surface area contributed by atoms with Crippen molar-refractivity contribution in [3.63, 3.8) is 0 Å². The van der Waals surface area contributed by atoms with Crippen molar-refractivity contribution in [1.29, 1.82) is 0 Å². The van der Waals surface area contributed by atoms with Crippen molar-refractivity contribution in [3.05, 3.63) is 41.4 Å². The summed E-state index contributed by atoms with van der Waals surface area (Å²) in [7, 11) is 0. The first kappa shape index (κ1) is 12.8. The molecule has 1 aromatic carbocycles. The first-order valence-corrected chi connectivity index (χ1v) is 6.32. The molecule has 18 heavy (non-hydrogen) atoms. The molecule has 1 aromatic heterocycles. The number of nitrogens with one attached hydrogen (secondary N) is 2. The number of H-pyrrole nitrogens is 1. The second-order valence-electron chi connectivity index (χ2n) is 3.88. The third-order valence-corrected chi connectivity index (χ3v) is 2.70. The largest absolute Gasteiger partial charge is 0.492 e. The molecular formula is C13H16ClN3O. The SMILES string of the molecule is CCCOc1ccc(NCc2ncc[nH]2)cc1Cl. The predicted octanol–water partition coefficient (Wildman–Crippen LogP) is 3.46. The highest BCUT2D eigenvalue weighted by Crippen LogP contribution is 2.27. The van der Waals surface area contributed by atoms with Crippen LogP contribution in [0, 0.1) is 0 Å². The Morgan fingerprint density at radius 1 is 1.44 bits per heavy atom. The second kappa shape index (κ2) is 6.31. The zero-order chi connectivity index (χ0) is 12.8. The summed E-state index contributed by atoms with van der Waals surface area (Å²) < 4.78 is 5.51. The smallest absolute Gasteiger partial charge is 0.138 e. The molecule has 0 amide bonds. The molecule has 0 spiro atoms. The van der Waals surface area contributed by atoms with Crippen molar-refractivity contribution < 1.29 is 4.74 Å². The fourth-order valence-electron chi connectivity index (χ4n) is 1.52. The van der Waals surface area contributed by atoms with Crippen LogP contribution in [0.4, 0.5) is 5.69 Å². The summed E-state index contributed by atoms with van der Waals surface area (Å²) in [5.41, 5.74) is 0.945. The summed E-state index contributed by atoms with van der Waals surface area (Å²) >= 11 is 6.14. The zero-order valence-electron chi connectivity index (χ0n) is 10.2. The molecule has 5 heteroatoms. The zero-order valence-corrected chi connectivity index (χ0v) is 11.0. The molecule has 0 aliphatic carbocycles. The molecule has 0 saturated heterocycles. The third-order valence-electron chi connectivity index (χ3n) is 2.41. The van der Waals surface area contributed by atoms with Gasteiger partial charge in [-0.25, -0.2) is 4.98 Å². The molecule has 0 fully saturated rings. The number of anilines is 1. The van der Waals surface area contributed by atoms with E-state index in [1.54, 1.807) is 12.4 Å².